The Morgan fingerprint density at radius 1 is 0.342 bits per heavy atom. The predicted octanol–water partition coefficient (Wildman–Crippen LogP) is 21.0. The molecule has 14 rings (SSSR count). The fraction of sp³-hybridized carbons (Fsp3) is 0.476. The molecule has 0 saturated heterocycles. The summed E-state index contributed by atoms with van der Waals surface area (Å²) < 4.78 is 120. The maximum Gasteiger partial charge on any atom is 0.228 e. The summed E-state index contributed by atoms with van der Waals surface area (Å²) in [6.07, 6.45) is 14.2. The van der Waals surface area contributed by atoms with E-state index in [9.17, 15) is 30.7 Å². The number of alkyl halides is 6. The number of halogens is 9. The van der Waals surface area contributed by atoms with Gasteiger partial charge in [0.25, 0.3) is 0 Å². The van der Waals surface area contributed by atoms with Gasteiger partial charge in [0.05, 0.1) is 25.8 Å². The molecular formula is C103H139Cl2F7N30O4. The highest BCUT2D eigenvalue weighted by Crippen LogP contribution is 2.38. The molecule has 2 aliphatic carbocycles. The van der Waals surface area contributed by atoms with Crippen LogP contribution < -0.4 is 85.3 Å². The van der Waals surface area contributed by atoms with E-state index in [1.54, 1.807) is 62.6 Å². The molecule has 43 heteroatoms. The van der Waals surface area contributed by atoms with Gasteiger partial charge in [-0.15, -0.1) is 0 Å². The molecular weight excluding hydrogens is 1930 g/mol. The van der Waals surface area contributed by atoms with Crippen molar-refractivity contribution in [3.05, 3.63) is 225 Å². The van der Waals surface area contributed by atoms with E-state index < -0.39 is 34.0 Å². The van der Waals surface area contributed by atoms with Crippen molar-refractivity contribution in [2.24, 2.45) is 11.8 Å². The Morgan fingerprint density at radius 2 is 0.658 bits per heavy atom. The van der Waals surface area contributed by atoms with Gasteiger partial charge >= 0.3 is 0 Å². The van der Waals surface area contributed by atoms with Crippen LogP contribution in [-0.4, -0.2) is 153 Å². The summed E-state index contributed by atoms with van der Waals surface area (Å²) in [5, 5.41) is 20.3. The quantitative estimate of drug-likeness (QED) is 0.0158. The van der Waals surface area contributed by atoms with Crippen LogP contribution in [0.2, 0.25) is 10.0 Å². The molecule has 6 aromatic heterocycles. The minimum absolute atomic E-state index is 0.00826. The molecule has 6 atom stereocenters. The lowest BCUT2D eigenvalue weighted by atomic mass is 9.78. The zero-order valence-electron chi connectivity index (χ0n) is 86.1. The average Bonchev–Trinajstić information content (AvgIpc) is 1.11. The number of nitrogens with two attached hydrogens (primary N) is 6. The zero-order valence-corrected chi connectivity index (χ0v) is 87.6. The Morgan fingerprint density at radius 3 is 0.979 bits per heavy atom. The normalized spacial score (nSPS) is 13.9. The maximum atomic E-state index is 14.2. The Bertz CT molecular complexity index is 6050. The van der Waals surface area contributed by atoms with E-state index >= 15 is 0 Å². The van der Waals surface area contributed by atoms with Gasteiger partial charge in [-0.2, -0.15) is 89.7 Å². The van der Waals surface area contributed by atoms with Gasteiger partial charge in [-0.05, 0) is 264 Å². The number of nitrogen functional groups attached to an aromatic ring is 6. The molecule has 6 aromatic carbocycles. The minimum Gasteiger partial charge on any atom is -0.497 e. The first-order valence-electron chi connectivity index (χ1n) is 48.5. The molecule has 0 aliphatic heterocycles. The molecule has 0 spiro atoms. The highest BCUT2D eigenvalue weighted by Gasteiger charge is 2.35. The molecule has 6 unspecified atom stereocenters. The van der Waals surface area contributed by atoms with Crippen molar-refractivity contribution in [1.82, 2.24) is 89.7 Å². The third-order valence-corrected chi connectivity index (χ3v) is 23.0. The van der Waals surface area contributed by atoms with Crippen molar-refractivity contribution in [3.63, 3.8) is 0 Å². The molecule has 146 heavy (non-hydrogen) atoms. The number of hydrogen-bond acceptors (Lipinski definition) is 34. The number of methoxy groups -OCH3 is 1. The molecule has 2 aliphatic rings. The van der Waals surface area contributed by atoms with E-state index in [1.165, 1.54) is 138 Å². The molecule has 2 fully saturated rings. The number of nitrogens with one attached hydrogen (secondary N) is 6. The second-order valence-electron chi connectivity index (χ2n) is 38.5. The van der Waals surface area contributed by atoms with E-state index in [4.69, 9.17) is 76.6 Å². The number of nitrogens with zero attached hydrogens (tertiary/aromatic N) is 18. The molecule has 34 nitrogen and oxygen atoms in total. The second kappa shape index (κ2) is 53.9. The molecule has 2 saturated carbocycles. The van der Waals surface area contributed by atoms with Crippen molar-refractivity contribution in [1.29, 1.82) is 0 Å². The van der Waals surface area contributed by atoms with Crippen LogP contribution in [0.3, 0.4) is 0 Å². The van der Waals surface area contributed by atoms with Gasteiger partial charge < -0.3 is 85.3 Å². The Balaban J connectivity index is 0.000000195. The maximum absolute atomic E-state index is 14.2. The van der Waals surface area contributed by atoms with Gasteiger partial charge in [-0.25, -0.2) is 30.7 Å². The summed E-state index contributed by atoms with van der Waals surface area (Å²) in [6, 6.07) is 48.4. The van der Waals surface area contributed by atoms with Gasteiger partial charge in [-0.3, -0.25) is 0 Å². The molecule has 18 N–H and O–H groups in total. The van der Waals surface area contributed by atoms with E-state index in [1.807, 2.05) is 57.2 Å². The van der Waals surface area contributed by atoms with Crippen molar-refractivity contribution >= 4 is 94.6 Å². The number of aryl methyl sites for hydroxylation is 4. The van der Waals surface area contributed by atoms with Crippen LogP contribution in [0.1, 0.15) is 239 Å². The third kappa shape index (κ3) is 40.7. The lowest BCUT2D eigenvalue weighted by Crippen LogP contribution is -2.35. The van der Waals surface area contributed by atoms with Crippen LogP contribution in [0.4, 0.5) is 102 Å². The van der Waals surface area contributed by atoms with Gasteiger partial charge in [-0.1, -0.05) is 141 Å². The fourth-order valence-electron chi connectivity index (χ4n) is 14.2. The van der Waals surface area contributed by atoms with Gasteiger partial charge in [0.15, 0.2) is 69.0 Å². The van der Waals surface area contributed by atoms with E-state index in [0.717, 1.165) is 51.4 Å². The SMILES string of the molecule is CC(C)(F)c1nc(N)nc(NC(CCc2ccccc2)C2CC2)n1.CC(C)(F)c1nc(N)nc(NC(CCc2ccccc2)C2CCC2)n1.CC(COc1cccc(Cl)c1)Nc1nc(N)nc(C(C)(C)F)n1.CCC(CCOc1ccc(F)c(C)c1)Nc1nc(N)nc(C(C)(C)F)n1.CCC(CCc1ccccc1)Nc1nc(N)nc(C(C)(C)F)n1.COc1cc(Cl)cc(OCC(C)Nc2nc(N)nc(C(C)(C)F)n2)c1. The molecule has 788 valence electrons. The number of hydrogen-bond donors (Lipinski definition) is 12. The summed E-state index contributed by atoms with van der Waals surface area (Å²) in [7, 11) is 1.55. The summed E-state index contributed by atoms with van der Waals surface area (Å²) >= 11 is 11.9. The Labute approximate surface area is 859 Å². The predicted molar refractivity (Wildman–Crippen MR) is 563 cm³/mol. The van der Waals surface area contributed by atoms with E-state index in [2.05, 4.69) is 189 Å². The third-order valence-electron chi connectivity index (χ3n) is 22.6. The summed E-state index contributed by atoms with van der Waals surface area (Å²) in [5.74, 6) is 5.24. The molecule has 0 radical (unpaired) electrons. The van der Waals surface area contributed by atoms with Crippen LogP contribution in [0, 0.1) is 24.6 Å². The first-order chi connectivity index (χ1) is 68.8. The molecule has 12 aromatic rings. The van der Waals surface area contributed by atoms with Crippen molar-refractivity contribution < 1.29 is 49.7 Å². The molecule has 0 amide bonds. The standard InChI is InChI=1S/C19H26FN5.C18H25F2N5O.C18H24FN5.C17H24FN5.C16H21ClFN5O2.C15H19ClFN5O/c1-19(2,20)16-23-17(21)25-18(24-16)22-15(14-9-6-10-14)12-11-13-7-4-3-5-8-13;1-5-12(8-9-26-13-6-7-14(19)11(2)10-13)22-17-24-15(18(3,4)20)23-16(21)25-17;1-18(2,19)15-22-16(20)24-17(23-15)21-14(13-9-10-13)11-8-12-6-4-3-5-7-12;1-4-13(11-10-12-8-6-5-7-9-12)20-16-22-14(17(2,3)18)21-15(19)23-16;1-9(8-25-12-6-10(17)5-11(7-12)24-4)20-15-22-13(16(2,3)18)21-14(19)23-15;1-9(8-23-11-6-4-5-10(16)7-11)19-14-21-12(15(2,3)17)20-13(18)22-14/h3-5,7-8,14-15H,6,9-12H2,1-2H3,(H3,21,22,23,24,25);6-7,10,12H,5,8-9H2,1-4H3,(H3,21,22,23,24,25);3-7,13-14H,8-11H2,1-2H3,(H3,20,21,22,23,24);5-9,13H,4,10-11H2,1-3H3,(H3,19,20,21,22,23);5-7,9H,8H2,1-4H3,(H3,19,20,21,22,23);4-7,9H,8H2,1-3H3,(H3,18,19,20,21,22). The van der Waals surface area contributed by atoms with Gasteiger partial charge in [0.1, 0.15) is 42.0 Å². The first-order valence-corrected chi connectivity index (χ1v) is 49.3. The zero-order chi connectivity index (χ0) is 107. The number of aromatic nitrogens is 18. The van der Waals surface area contributed by atoms with E-state index in [0.29, 0.717) is 94.5 Å². The van der Waals surface area contributed by atoms with Crippen molar-refractivity contribution in [2.45, 2.75) is 278 Å². The fourth-order valence-corrected chi connectivity index (χ4v) is 14.6. The van der Waals surface area contributed by atoms with E-state index in [-0.39, 0.29) is 131 Å². The summed E-state index contributed by atoms with van der Waals surface area (Å²) in [4.78, 5) is 72.3. The number of rotatable bonds is 42. The van der Waals surface area contributed by atoms with Gasteiger partial charge in [0.2, 0.25) is 71.4 Å². The monoisotopic (exact) mass is 2060 g/mol. The van der Waals surface area contributed by atoms with Crippen LogP contribution in [0.25, 0.3) is 0 Å². The highest BCUT2D eigenvalue weighted by molar-refractivity contribution is 6.31. The van der Waals surface area contributed by atoms with Crippen LogP contribution in [0.5, 0.6) is 23.0 Å². The van der Waals surface area contributed by atoms with Crippen LogP contribution in [0.15, 0.2) is 152 Å². The van der Waals surface area contributed by atoms with Crippen LogP contribution in [-0.2, 0) is 53.3 Å². The number of benzene rings is 6. The topological polar surface area (TPSA) is 497 Å². The Hall–Kier alpha value is -13.7. The Kier molecular flexibility index (Phi) is 42.8. The largest absolute Gasteiger partial charge is 0.497 e. The summed E-state index contributed by atoms with van der Waals surface area (Å²) in [5.41, 5.74) is 28.4. The van der Waals surface area contributed by atoms with Gasteiger partial charge in [0, 0.05) is 46.7 Å². The molecule has 6 heterocycles. The number of anilines is 12. The number of ether oxygens (including phenoxy) is 4. The van der Waals surface area contributed by atoms with Crippen molar-refractivity contribution in [3.8, 4) is 23.0 Å². The highest BCUT2D eigenvalue weighted by atomic mass is 35.5. The average molecular weight is 2070 g/mol. The van der Waals surface area contributed by atoms with Crippen molar-refractivity contribution in [2.75, 3.05) is 93.2 Å². The first kappa shape index (κ1) is 116. The lowest BCUT2D eigenvalue weighted by molar-refractivity contribution is 0.206. The lowest BCUT2D eigenvalue weighted by Gasteiger charge is -2.34. The minimum atomic E-state index is -1.72. The summed E-state index contributed by atoms with van der Waals surface area (Å²) in [6.45, 7) is 27.2. The van der Waals surface area contributed by atoms with Crippen LogP contribution >= 0.6 is 23.2 Å². The second-order valence-corrected chi connectivity index (χ2v) is 39.4. The molecule has 0 bridgehead atoms. The smallest absolute Gasteiger partial charge is 0.228 e.